The molecule has 1 saturated carbocycles. The van der Waals surface area contributed by atoms with E-state index >= 15 is 0 Å². The summed E-state index contributed by atoms with van der Waals surface area (Å²) in [5.41, 5.74) is 0.876. The first kappa shape index (κ1) is 24.6. The van der Waals surface area contributed by atoms with Gasteiger partial charge in [-0.3, -0.25) is 4.79 Å². The Bertz CT molecular complexity index is 990. The van der Waals surface area contributed by atoms with Gasteiger partial charge in [0.1, 0.15) is 11.8 Å². The van der Waals surface area contributed by atoms with Crippen molar-refractivity contribution in [1.82, 2.24) is 10.0 Å². The first-order valence-electron chi connectivity index (χ1n) is 11.2. The summed E-state index contributed by atoms with van der Waals surface area (Å²) in [4.78, 5) is 13.2. The van der Waals surface area contributed by atoms with E-state index in [4.69, 9.17) is 16.3 Å². The Balaban J connectivity index is 1.80. The molecule has 0 bridgehead atoms. The SMILES string of the molecule is CCOc1ccc(S(=O)(=O)N[C@H](Cc2ccccc2)C(=O)NC2CCCCCC2)cc1Cl. The van der Waals surface area contributed by atoms with E-state index in [2.05, 4.69) is 10.0 Å². The van der Waals surface area contributed by atoms with Gasteiger partial charge >= 0.3 is 0 Å². The van der Waals surface area contributed by atoms with Crippen molar-refractivity contribution in [3.05, 3.63) is 59.1 Å². The summed E-state index contributed by atoms with van der Waals surface area (Å²) >= 11 is 6.19. The molecular weight excluding hydrogens is 448 g/mol. The van der Waals surface area contributed by atoms with Crippen LogP contribution in [-0.4, -0.2) is 33.0 Å². The lowest BCUT2D eigenvalue weighted by atomic mass is 10.0. The Kier molecular flexibility index (Phi) is 8.96. The molecule has 1 fully saturated rings. The Hall–Kier alpha value is -2.09. The molecule has 1 aliphatic rings. The molecular formula is C24H31ClN2O4S. The highest BCUT2D eigenvalue weighted by Crippen LogP contribution is 2.27. The molecule has 1 amide bonds. The van der Waals surface area contributed by atoms with E-state index in [1.165, 1.54) is 31.0 Å². The summed E-state index contributed by atoms with van der Waals surface area (Å²) < 4.78 is 34.2. The molecule has 0 aliphatic heterocycles. The molecule has 3 rings (SSSR count). The number of halogens is 1. The molecule has 0 heterocycles. The Morgan fingerprint density at radius 2 is 1.78 bits per heavy atom. The van der Waals surface area contributed by atoms with E-state index < -0.39 is 16.1 Å². The standard InChI is InChI=1S/C24H31ClN2O4S/c1-2-31-23-15-14-20(17-21(23)25)32(29,30)27-22(16-18-10-6-5-7-11-18)24(28)26-19-12-8-3-4-9-13-19/h5-7,10-11,14-15,17,19,22,27H,2-4,8-9,12-13,16H2,1H3,(H,26,28)/t22-/m1/s1. The zero-order valence-corrected chi connectivity index (χ0v) is 19.9. The Labute approximate surface area is 195 Å². The lowest BCUT2D eigenvalue weighted by Crippen LogP contribution is -2.50. The van der Waals surface area contributed by atoms with Gasteiger partial charge < -0.3 is 10.1 Å². The quantitative estimate of drug-likeness (QED) is 0.521. The van der Waals surface area contributed by atoms with E-state index in [0.29, 0.717) is 12.4 Å². The lowest BCUT2D eigenvalue weighted by Gasteiger charge is -2.23. The second kappa shape index (κ2) is 11.7. The van der Waals surface area contributed by atoms with Crippen molar-refractivity contribution in [3.8, 4) is 5.75 Å². The Morgan fingerprint density at radius 1 is 1.09 bits per heavy atom. The second-order valence-corrected chi connectivity index (χ2v) is 10.2. The molecule has 8 heteroatoms. The minimum Gasteiger partial charge on any atom is -0.492 e. The van der Waals surface area contributed by atoms with Crippen LogP contribution >= 0.6 is 11.6 Å². The lowest BCUT2D eigenvalue weighted by molar-refractivity contribution is -0.123. The number of sulfonamides is 1. The molecule has 0 aromatic heterocycles. The van der Waals surface area contributed by atoms with Gasteiger partial charge in [-0.2, -0.15) is 4.72 Å². The minimum absolute atomic E-state index is 0.00807. The zero-order chi connectivity index (χ0) is 23.0. The maximum Gasteiger partial charge on any atom is 0.241 e. The van der Waals surface area contributed by atoms with Crippen LogP contribution in [0.5, 0.6) is 5.75 Å². The third kappa shape index (κ3) is 6.95. The van der Waals surface area contributed by atoms with Crippen molar-refractivity contribution < 1.29 is 17.9 Å². The average Bonchev–Trinajstić information content (AvgIpc) is 3.04. The highest BCUT2D eigenvalue weighted by molar-refractivity contribution is 7.89. The number of ether oxygens (including phenoxy) is 1. The molecule has 2 aromatic carbocycles. The predicted molar refractivity (Wildman–Crippen MR) is 127 cm³/mol. The third-order valence-electron chi connectivity index (χ3n) is 5.61. The number of carbonyl (C=O) groups excluding carboxylic acids is 1. The molecule has 0 spiro atoms. The van der Waals surface area contributed by atoms with Crippen molar-refractivity contribution in [2.24, 2.45) is 0 Å². The third-order valence-corrected chi connectivity index (χ3v) is 7.38. The van der Waals surface area contributed by atoms with Gasteiger partial charge in [-0.25, -0.2) is 8.42 Å². The van der Waals surface area contributed by atoms with Crippen LogP contribution in [0.15, 0.2) is 53.4 Å². The topological polar surface area (TPSA) is 84.5 Å². The van der Waals surface area contributed by atoms with Crippen molar-refractivity contribution in [2.75, 3.05) is 6.61 Å². The molecule has 6 nitrogen and oxygen atoms in total. The van der Waals surface area contributed by atoms with Crippen molar-refractivity contribution in [3.63, 3.8) is 0 Å². The van der Waals surface area contributed by atoms with Gasteiger partial charge in [-0.15, -0.1) is 0 Å². The summed E-state index contributed by atoms with van der Waals surface area (Å²) in [5, 5.41) is 3.28. The number of nitrogens with one attached hydrogen (secondary N) is 2. The van der Waals surface area contributed by atoms with Gasteiger partial charge in [0.2, 0.25) is 15.9 Å². The number of amides is 1. The predicted octanol–water partition coefficient (Wildman–Crippen LogP) is 4.47. The minimum atomic E-state index is -3.98. The van der Waals surface area contributed by atoms with Crippen molar-refractivity contribution in [1.29, 1.82) is 0 Å². The number of hydrogen-bond acceptors (Lipinski definition) is 4. The summed E-state index contributed by atoms with van der Waals surface area (Å²) in [6.45, 7) is 2.24. The molecule has 2 N–H and O–H groups in total. The summed E-state index contributed by atoms with van der Waals surface area (Å²) in [6.07, 6.45) is 6.59. The molecule has 0 unspecified atom stereocenters. The van der Waals surface area contributed by atoms with Gasteiger partial charge in [-0.05, 0) is 49.9 Å². The van der Waals surface area contributed by atoms with Gasteiger partial charge in [0.15, 0.2) is 0 Å². The number of carbonyl (C=O) groups is 1. The van der Waals surface area contributed by atoms with Crippen LogP contribution < -0.4 is 14.8 Å². The zero-order valence-electron chi connectivity index (χ0n) is 18.3. The van der Waals surface area contributed by atoms with Crippen LogP contribution in [0.3, 0.4) is 0 Å². The van der Waals surface area contributed by atoms with E-state index in [-0.39, 0.29) is 28.3 Å². The molecule has 2 aromatic rings. The van der Waals surface area contributed by atoms with Gasteiger partial charge in [0.25, 0.3) is 0 Å². The maximum absolute atomic E-state index is 13.2. The van der Waals surface area contributed by atoms with Crippen LogP contribution in [0.1, 0.15) is 51.0 Å². The average molecular weight is 479 g/mol. The van der Waals surface area contributed by atoms with Gasteiger partial charge in [-0.1, -0.05) is 67.6 Å². The van der Waals surface area contributed by atoms with Crippen LogP contribution in [0.4, 0.5) is 0 Å². The highest BCUT2D eigenvalue weighted by atomic mass is 35.5. The highest BCUT2D eigenvalue weighted by Gasteiger charge is 2.28. The molecule has 0 radical (unpaired) electrons. The molecule has 1 atom stereocenters. The monoisotopic (exact) mass is 478 g/mol. The summed E-state index contributed by atoms with van der Waals surface area (Å²) in [6, 6.07) is 12.8. The number of hydrogen-bond donors (Lipinski definition) is 2. The molecule has 32 heavy (non-hydrogen) atoms. The Morgan fingerprint density at radius 3 is 2.41 bits per heavy atom. The van der Waals surface area contributed by atoms with Crippen LogP contribution in [0.25, 0.3) is 0 Å². The summed E-state index contributed by atoms with van der Waals surface area (Å²) in [7, 11) is -3.98. The fraction of sp³-hybridized carbons (Fsp3) is 0.458. The van der Waals surface area contributed by atoms with E-state index in [9.17, 15) is 13.2 Å². The summed E-state index contributed by atoms with van der Waals surface area (Å²) in [5.74, 6) is 0.112. The van der Waals surface area contributed by atoms with E-state index in [0.717, 1.165) is 31.2 Å². The van der Waals surface area contributed by atoms with E-state index in [1.807, 2.05) is 37.3 Å². The normalized spacial score (nSPS) is 16.2. The fourth-order valence-electron chi connectivity index (χ4n) is 3.94. The number of rotatable bonds is 9. The second-order valence-electron chi connectivity index (χ2n) is 8.09. The van der Waals surface area contributed by atoms with Crippen LogP contribution in [-0.2, 0) is 21.2 Å². The van der Waals surface area contributed by atoms with Crippen LogP contribution in [0, 0.1) is 0 Å². The first-order chi connectivity index (χ1) is 15.4. The molecule has 174 valence electrons. The fourth-order valence-corrected chi connectivity index (χ4v) is 5.46. The molecule has 1 aliphatic carbocycles. The van der Waals surface area contributed by atoms with E-state index in [1.54, 1.807) is 0 Å². The van der Waals surface area contributed by atoms with Crippen molar-refractivity contribution >= 4 is 27.5 Å². The van der Waals surface area contributed by atoms with Gasteiger partial charge in [0, 0.05) is 6.04 Å². The van der Waals surface area contributed by atoms with Crippen molar-refractivity contribution in [2.45, 2.75) is 68.8 Å². The number of benzene rings is 2. The van der Waals surface area contributed by atoms with Crippen LogP contribution in [0.2, 0.25) is 5.02 Å². The maximum atomic E-state index is 13.2. The smallest absolute Gasteiger partial charge is 0.241 e. The van der Waals surface area contributed by atoms with Gasteiger partial charge in [0.05, 0.1) is 16.5 Å². The first-order valence-corrected chi connectivity index (χ1v) is 13.0. The largest absolute Gasteiger partial charge is 0.492 e. The molecule has 0 saturated heterocycles.